The number of carbonyl (C=O) groups is 2. The van der Waals surface area contributed by atoms with Crippen molar-refractivity contribution in [3.63, 3.8) is 0 Å². The van der Waals surface area contributed by atoms with Crippen molar-refractivity contribution in [1.82, 2.24) is 4.90 Å². The van der Waals surface area contributed by atoms with E-state index in [0.29, 0.717) is 17.8 Å². The number of rotatable bonds is 5. The molecule has 6 heteroatoms. The minimum atomic E-state index is -0.568. The van der Waals surface area contributed by atoms with E-state index in [1.165, 1.54) is 12.1 Å². The highest BCUT2D eigenvalue weighted by Crippen LogP contribution is 2.44. The molecule has 4 nitrogen and oxygen atoms in total. The third kappa shape index (κ3) is 3.87. The fourth-order valence-electron chi connectivity index (χ4n) is 4.00. The quantitative estimate of drug-likeness (QED) is 0.593. The summed E-state index contributed by atoms with van der Waals surface area (Å²) in [5, 5.41) is 4.88. The summed E-state index contributed by atoms with van der Waals surface area (Å²) in [5.74, 6) is -0.942. The van der Waals surface area contributed by atoms with Gasteiger partial charge in [-0.1, -0.05) is 38.1 Å². The van der Waals surface area contributed by atoms with Crippen molar-refractivity contribution >= 4 is 28.8 Å². The fourth-order valence-corrected chi connectivity index (χ4v) is 4.87. The second-order valence-electron chi connectivity index (χ2n) is 7.87. The van der Waals surface area contributed by atoms with Crippen molar-refractivity contribution in [2.75, 3.05) is 11.9 Å². The Kier molecular flexibility index (Phi) is 5.68. The van der Waals surface area contributed by atoms with Crippen LogP contribution in [0.3, 0.4) is 0 Å². The minimum absolute atomic E-state index is 0.0523. The average Bonchev–Trinajstić information content (AvgIpc) is 3.25. The summed E-state index contributed by atoms with van der Waals surface area (Å²) in [5.41, 5.74) is 1.81. The van der Waals surface area contributed by atoms with Gasteiger partial charge in [0.1, 0.15) is 5.82 Å². The number of hydrogen-bond acceptors (Lipinski definition) is 3. The van der Waals surface area contributed by atoms with E-state index in [1.807, 2.05) is 40.6 Å². The van der Waals surface area contributed by atoms with E-state index in [9.17, 15) is 14.0 Å². The number of amides is 2. The second kappa shape index (κ2) is 8.40. The number of benzene rings is 2. The van der Waals surface area contributed by atoms with Gasteiger partial charge in [0.05, 0.1) is 12.0 Å². The lowest BCUT2D eigenvalue weighted by Crippen LogP contribution is -2.47. The Labute approximate surface area is 179 Å². The zero-order chi connectivity index (χ0) is 21.3. The summed E-state index contributed by atoms with van der Waals surface area (Å²) in [4.78, 5) is 29.7. The Bertz CT molecular complexity index is 1050. The Morgan fingerprint density at radius 3 is 2.50 bits per heavy atom. The molecule has 2 aromatic carbocycles. The maximum Gasteiger partial charge on any atom is 0.254 e. The average molecular weight is 423 g/mol. The molecule has 0 aliphatic carbocycles. The van der Waals surface area contributed by atoms with Gasteiger partial charge in [-0.2, -0.15) is 0 Å². The van der Waals surface area contributed by atoms with Gasteiger partial charge in [-0.05, 0) is 53.3 Å². The van der Waals surface area contributed by atoms with Gasteiger partial charge < -0.3 is 10.2 Å². The summed E-state index contributed by atoms with van der Waals surface area (Å²) in [6.07, 6.45) is 0. The molecule has 1 aliphatic rings. The third-order valence-corrected chi connectivity index (χ3v) is 6.17. The number of carbonyl (C=O) groups excluding carboxylic acids is 2. The maximum absolute atomic E-state index is 13.5. The molecular formula is C24H23FN2O2S. The van der Waals surface area contributed by atoms with E-state index in [2.05, 4.69) is 19.2 Å². The summed E-state index contributed by atoms with van der Waals surface area (Å²) in [6.45, 7) is 4.68. The monoisotopic (exact) mass is 422 g/mol. The van der Waals surface area contributed by atoms with Gasteiger partial charge >= 0.3 is 0 Å². The Balaban J connectivity index is 1.80. The van der Waals surface area contributed by atoms with Crippen molar-refractivity contribution in [3.05, 3.63) is 87.9 Å². The molecule has 2 amide bonds. The molecule has 0 saturated heterocycles. The Morgan fingerprint density at radius 1 is 1.10 bits per heavy atom. The van der Waals surface area contributed by atoms with Crippen LogP contribution in [0.25, 0.3) is 0 Å². The number of anilines is 1. The maximum atomic E-state index is 13.5. The van der Waals surface area contributed by atoms with E-state index in [4.69, 9.17) is 0 Å². The molecule has 2 heterocycles. The van der Waals surface area contributed by atoms with E-state index in [0.717, 1.165) is 10.4 Å². The summed E-state index contributed by atoms with van der Waals surface area (Å²) < 4.78 is 13.3. The number of halogens is 1. The Hall–Kier alpha value is -2.99. The van der Waals surface area contributed by atoms with Crippen LogP contribution in [0.1, 0.15) is 46.6 Å². The van der Waals surface area contributed by atoms with Crippen LogP contribution in [-0.4, -0.2) is 23.3 Å². The van der Waals surface area contributed by atoms with Gasteiger partial charge in [0.15, 0.2) is 0 Å². The van der Waals surface area contributed by atoms with E-state index in [1.54, 1.807) is 29.5 Å². The molecule has 0 fully saturated rings. The van der Waals surface area contributed by atoms with E-state index in [-0.39, 0.29) is 23.5 Å². The highest BCUT2D eigenvalue weighted by Gasteiger charge is 2.44. The van der Waals surface area contributed by atoms with Crippen molar-refractivity contribution < 1.29 is 14.0 Å². The van der Waals surface area contributed by atoms with Crippen molar-refractivity contribution in [3.8, 4) is 0 Å². The van der Waals surface area contributed by atoms with Gasteiger partial charge in [0.2, 0.25) is 5.91 Å². The zero-order valence-electron chi connectivity index (χ0n) is 16.8. The number of nitrogens with one attached hydrogen (secondary N) is 1. The summed E-state index contributed by atoms with van der Waals surface area (Å²) >= 11 is 1.54. The molecule has 3 aromatic rings. The smallest absolute Gasteiger partial charge is 0.254 e. The molecule has 0 unspecified atom stereocenters. The SMILES string of the molecule is CC(C)CN1C(=O)c2ccccc2[C@H](C(=O)Nc2ccc(F)cc2)[C@H]1c1cccs1. The predicted octanol–water partition coefficient (Wildman–Crippen LogP) is 5.46. The van der Waals surface area contributed by atoms with Gasteiger partial charge in [-0.15, -0.1) is 11.3 Å². The topological polar surface area (TPSA) is 49.4 Å². The number of thiophene rings is 1. The first-order valence-corrected chi connectivity index (χ1v) is 10.8. The molecule has 1 aromatic heterocycles. The lowest BCUT2D eigenvalue weighted by Gasteiger charge is -2.42. The van der Waals surface area contributed by atoms with E-state index < -0.39 is 12.0 Å². The van der Waals surface area contributed by atoms with Gasteiger partial charge in [0.25, 0.3) is 5.91 Å². The number of hydrogen-bond donors (Lipinski definition) is 1. The van der Waals surface area contributed by atoms with Gasteiger partial charge in [0, 0.05) is 22.7 Å². The molecule has 1 N–H and O–H groups in total. The Morgan fingerprint density at radius 2 is 1.83 bits per heavy atom. The first kappa shape index (κ1) is 20.3. The fraction of sp³-hybridized carbons (Fsp3) is 0.250. The molecule has 154 valence electrons. The molecule has 0 radical (unpaired) electrons. The lowest BCUT2D eigenvalue weighted by atomic mass is 9.81. The number of nitrogens with zero attached hydrogens (tertiary/aromatic N) is 1. The molecule has 2 atom stereocenters. The van der Waals surface area contributed by atoms with Crippen LogP contribution in [0.2, 0.25) is 0 Å². The molecule has 30 heavy (non-hydrogen) atoms. The van der Waals surface area contributed by atoms with Crippen LogP contribution >= 0.6 is 11.3 Å². The highest BCUT2D eigenvalue weighted by atomic mass is 32.1. The first-order valence-electron chi connectivity index (χ1n) is 9.95. The first-order chi connectivity index (χ1) is 14.5. The van der Waals surface area contributed by atoms with Crippen molar-refractivity contribution in [1.29, 1.82) is 0 Å². The number of fused-ring (bicyclic) bond motifs is 1. The summed E-state index contributed by atoms with van der Waals surface area (Å²) in [6, 6.07) is 16.6. The van der Waals surface area contributed by atoms with E-state index >= 15 is 0 Å². The van der Waals surface area contributed by atoms with Crippen LogP contribution in [0.4, 0.5) is 10.1 Å². The van der Waals surface area contributed by atoms with Crippen molar-refractivity contribution in [2.24, 2.45) is 5.92 Å². The van der Waals surface area contributed by atoms with Crippen LogP contribution in [0.5, 0.6) is 0 Å². The van der Waals surface area contributed by atoms with Crippen LogP contribution in [0.15, 0.2) is 66.0 Å². The van der Waals surface area contributed by atoms with Crippen LogP contribution < -0.4 is 5.32 Å². The molecule has 4 rings (SSSR count). The van der Waals surface area contributed by atoms with Crippen molar-refractivity contribution in [2.45, 2.75) is 25.8 Å². The minimum Gasteiger partial charge on any atom is -0.329 e. The van der Waals surface area contributed by atoms with Crippen LogP contribution in [-0.2, 0) is 4.79 Å². The third-order valence-electron chi connectivity index (χ3n) is 5.23. The molecule has 0 spiro atoms. The zero-order valence-corrected chi connectivity index (χ0v) is 17.7. The predicted molar refractivity (Wildman–Crippen MR) is 117 cm³/mol. The molecular weight excluding hydrogens is 399 g/mol. The lowest BCUT2D eigenvalue weighted by molar-refractivity contribution is -0.119. The van der Waals surface area contributed by atoms with Gasteiger partial charge in [-0.25, -0.2) is 4.39 Å². The highest BCUT2D eigenvalue weighted by molar-refractivity contribution is 7.10. The molecule has 0 bridgehead atoms. The normalized spacial score (nSPS) is 18.4. The van der Waals surface area contributed by atoms with Gasteiger partial charge in [-0.3, -0.25) is 9.59 Å². The molecule has 1 aliphatic heterocycles. The summed E-state index contributed by atoms with van der Waals surface area (Å²) in [7, 11) is 0. The largest absolute Gasteiger partial charge is 0.329 e. The molecule has 0 saturated carbocycles. The standard InChI is InChI=1S/C24H23FN2O2S/c1-15(2)14-27-22(20-8-5-13-30-20)21(18-6-3-4-7-19(18)24(27)29)23(28)26-17-11-9-16(25)10-12-17/h3-13,15,21-22H,14H2,1-2H3,(H,26,28)/t21-,22+/m0/s1. The van der Waals surface area contributed by atoms with Crippen LogP contribution in [0, 0.1) is 11.7 Å². The second-order valence-corrected chi connectivity index (χ2v) is 8.85.